The highest BCUT2D eigenvalue weighted by atomic mass is 16.4. The zero-order valence-corrected chi connectivity index (χ0v) is 8.93. The third kappa shape index (κ3) is 2.36. The van der Waals surface area contributed by atoms with E-state index in [0.717, 1.165) is 25.3 Å². The van der Waals surface area contributed by atoms with Crippen molar-refractivity contribution in [3.05, 3.63) is 35.9 Å². The highest BCUT2D eigenvalue weighted by Gasteiger charge is 2.25. The van der Waals surface area contributed by atoms with Crippen LogP contribution in [-0.4, -0.2) is 28.9 Å². The summed E-state index contributed by atoms with van der Waals surface area (Å²) in [5.41, 5.74) is 2.20. The monoisotopic (exact) mass is 204 g/mol. The number of nitrogens with zero attached hydrogens (tertiary/aromatic N) is 2. The van der Waals surface area contributed by atoms with Gasteiger partial charge in [0.25, 0.3) is 0 Å². The molecule has 0 bridgehead atoms. The smallest absolute Gasteiger partial charge is 0.0751 e. The molecule has 3 heteroatoms. The van der Waals surface area contributed by atoms with E-state index in [1.807, 2.05) is 6.07 Å². The molecule has 1 aromatic carbocycles. The number of hydrogen-bond acceptors (Lipinski definition) is 3. The van der Waals surface area contributed by atoms with Gasteiger partial charge in [0.1, 0.15) is 0 Å². The minimum atomic E-state index is 0.374. The molecule has 80 valence electrons. The van der Waals surface area contributed by atoms with E-state index >= 15 is 0 Å². The van der Waals surface area contributed by atoms with Gasteiger partial charge in [0, 0.05) is 25.6 Å². The lowest BCUT2D eigenvalue weighted by atomic mass is 10.1. The van der Waals surface area contributed by atoms with Crippen LogP contribution in [0.4, 0.5) is 0 Å². The number of likely N-dealkylation sites (tertiary alicyclic amines) is 1. The quantitative estimate of drug-likeness (QED) is 0.590. The number of hydrogen-bond donors (Lipinski definition) is 1. The van der Waals surface area contributed by atoms with Gasteiger partial charge in [-0.1, -0.05) is 42.4 Å². The summed E-state index contributed by atoms with van der Waals surface area (Å²) in [6.07, 6.45) is 0. The van der Waals surface area contributed by atoms with E-state index < -0.39 is 0 Å². The van der Waals surface area contributed by atoms with Gasteiger partial charge in [0.05, 0.1) is 5.71 Å². The molecule has 0 amide bonds. The lowest BCUT2D eigenvalue weighted by Crippen LogP contribution is -2.20. The van der Waals surface area contributed by atoms with Crippen LogP contribution in [0.15, 0.2) is 35.5 Å². The summed E-state index contributed by atoms with van der Waals surface area (Å²) in [7, 11) is 0. The molecular formula is C12H16N2O. The molecule has 1 aromatic rings. The Morgan fingerprint density at radius 1 is 1.40 bits per heavy atom. The van der Waals surface area contributed by atoms with Gasteiger partial charge in [-0.05, 0) is 5.56 Å². The van der Waals surface area contributed by atoms with Crippen molar-refractivity contribution in [2.24, 2.45) is 11.1 Å². The number of rotatable bonds is 2. The van der Waals surface area contributed by atoms with Gasteiger partial charge in [-0.3, -0.25) is 4.90 Å². The standard InChI is InChI=1S/C12H16N2O/c1-10-7-14(9-12(10)13-15)8-11-5-3-2-4-6-11/h2-6,10,15H,7-9H2,1H3. The lowest BCUT2D eigenvalue weighted by Gasteiger charge is -2.13. The molecular weight excluding hydrogens is 188 g/mol. The van der Waals surface area contributed by atoms with Gasteiger partial charge in [-0.15, -0.1) is 0 Å². The molecule has 3 nitrogen and oxygen atoms in total. The minimum Gasteiger partial charge on any atom is -0.411 e. The molecule has 1 aliphatic rings. The van der Waals surface area contributed by atoms with Gasteiger partial charge in [0.2, 0.25) is 0 Å². The second-order valence-electron chi connectivity index (χ2n) is 4.15. The van der Waals surface area contributed by atoms with Crippen LogP contribution in [0.25, 0.3) is 0 Å². The summed E-state index contributed by atoms with van der Waals surface area (Å²) in [6.45, 7) is 4.80. The second-order valence-corrected chi connectivity index (χ2v) is 4.15. The molecule has 0 spiro atoms. The molecule has 1 saturated heterocycles. The lowest BCUT2D eigenvalue weighted by molar-refractivity contribution is 0.313. The maximum Gasteiger partial charge on any atom is 0.0751 e. The average Bonchev–Trinajstić information content (AvgIpc) is 2.60. The Balaban J connectivity index is 1.98. The van der Waals surface area contributed by atoms with Crippen LogP contribution >= 0.6 is 0 Å². The first kappa shape index (κ1) is 10.2. The van der Waals surface area contributed by atoms with E-state index in [1.165, 1.54) is 5.56 Å². The molecule has 1 N–H and O–H groups in total. The van der Waals surface area contributed by atoms with Gasteiger partial charge in [-0.25, -0.2) is 0 Å². The molecule has 2 rings (SSSR count). The van der Waals surface area contributed by atoms with Gasteiger partial charge < -0.3 is 5.21 Å². The summed E-state index contributed by atoms with van der Waals surface area (Å²) >= 11 is 0. The molecule has 15 heavy (non-hydrogen) atoms. The largest absolute Gasteiger partial charge is 0.411 e. The fourth-order valence-electron chi connectivity index (χ4n) is 2.03. The third-order valence-corrected chi connectivity index (χ3v) is 2.86. The number of benzene rings is 1. The summed E-state index contributed by atoms with van der Waals surface area (Å²) in [5.74, 6) is 0.374. The van der Waals surface area contributed by atoms with Crippen LogP contribution < -0.4 is 0 Å². The van der Waals surface area contributed by atoms with E-state index in [9.17, 15) is 0 Å². The molecule has 1 aliphatic heterocycles. The van der Waals surface area contributed by atoms with Crippen molar-refractivity contribution in [2.75, 3.05) is 13.1 Å². The van der Waals surface area contributed by atoms with E-state index in [-0.39, 0.29) is 0 Å². The molecule has 1 unspecified atom stereocenters. The fraction of sp³-hybridized carbons (Fsp3) is 0.417. The Kier molecular flexibility index (Phi) is 3.02. The Morgan fingerprint density at radius 2 is 2.13 bits per heavy atom. The first-order chi connectivity index (χ1) is 7.29. The summed E-state index contributed by atoms with van der Waals surface area (Å²) in [4.78, 5) is 2.30. The molecule has 0 aromatic heterocycles. The Morgan fingerprint density at radius 3 is 2.73 bits per heavy atom. The topological polar surface area (TPSA) is 35.8 Å². The van der Waals surface area contributed by atoms with Crippen LogP contribution in [0.1, 0.15) is 12.5 Å². The molecule has 0 radical (unpaired) electrons. The van der Waals surface area contributed by atoms with Crippen molar-refractivity contribution in [1.82, 2.24) is 4.90 Å². The minimum absolute atomic E-state index is 0.374. The maximum absolute atomic E-state index is 8.78. The van der Waals surface area contributed by atoms with Crippen LogP contribution in [0, 0.1) is 5.92 Å². The summed E-state index contributed by atoms with van der Waals surface area (Å²) in [6, 6.07) is 10.4. The van der Waals surface area contributed by atoms with Crippen LogP contribution in [0.3, 0.4) is 0 Å². The van der Waals surface area contributed by atoms with E-state index in [2.05, 4.69) is 41.2 Å². The van der Waals surface area contributed by atoms with E-state index in [1.54, 1.807) is 0 Å². The predicted molar refractivity (Wildman–Crippen MR) is 60.1 cm³/mol. The first-order valence-corrected chi connectivity index (χ1v) is 5.26. The van der Waals surface area contributed by atoms with Crippen molar-refractivity contribution >= 4 is 5.71 Å². The van der Waals surface area contributed by atoms with Gasteiger partial charge in [-0.2, -0.15) is 0 Å². The van der Waals surface area contributed by atoms with Crippen molar-refractivity contribution in [3.8, 4) is 0 Å². The highest BCUT2D eigenvalue weighted by Crippen LogP contribution is 2.16. The van der Waals surface area contributed by atoms with Crippen LogP contribution in [0.2, 0.25) is 0 Å². The maximum atomic E-state index is 8.78. The summed E-state index contributed by atoms with van der Waals surface area (Å²) in [5, 5.41) is 12.1. The summed E-state index contributed by atoms with van der Waals surface area (Å²) < 4.78 is 0. The predicted octanol–water partition coefficient (Wildman–Crippen LogP) is 1.97. The van der Waals surface area contributed by atoms with E-state index in [0.29, 0.717) is 5.92 Å². The van der Waals surface area contributed by atoms with Gasteiger partial charge in [0.15, 0.2) is 0 Å². The molecule has 1 heterocycles. The Labute approximate surface area is 90.0 Å². The van der Waals surface area contributed by atoms with Crippen LogP contribution in [-0.2, 0) is 6.54 Å². The first-order valence-electron chi connectivity index (χ1n) is 5.26. The van der Waals surface area contributed by atoms with Crippen molar-refractivity contribution in [3.63, 3.8) is 0 Å². The third-order valence-electron chi connectivity index (χ3n) is 2.86. The molecule has 0 saturated carbocycles. The van der Waals surface area contributed by atoms with Crippen molar-refractivity contribution in [2.45, 2.75) is 13.5 Å². The molecule has 1 fully saturated rings. The number of oxime groups is 1. The normalized spacial score (nSPS) is 24.9. The Hall–Kier alpha value is -1.35. The van der Waals surface area contributed by atoms with Crippen LogP contribution in [0.5, 0.6) is 0 Å². The average molecular weight is 204 g/mol. The molecule has 0 aliphatic carbocycles. The zero-order valence-electron chi connectivity index (χ0n) is 8.93. The van der Waals surface area contributed by atoms with Crippen molar-refractivity contribution < 1.29 is 5.21 Å². The van der Waals surface area contributed by atoms with E-state index in [4.69, 9.17) is 5.21 Å². The highest BCUT2D eigenvalue weighted by molar-refractivity contribution is 5.89. The second kappa shape index (κ2) is 4.45. The SMILES string of the molecule is CC1CN(Cc2ccccc2)CC1=NO. The van der Waals surface area contributed by atoms with Crippen molar-refractivity contribution in [1.29, 1.82) is 0 Å². The molecule has 1 atom stereocenters. The zero-order chi connectivity index (χ0) is 10.7. The Bertz CT molecular complexity index is 348. The van der Waals surface area contributed by atoms with Gasteiger partial charge >= 0.3 is 0 Å². The fourth-order valence-corrected chi connectivity index (χ4v) is 2.03.